The molecule has 0 bridgehead atoms. The molecule has 1 aromatic heterocycles. The second-order valence-electron chi connectivity index (χ2n) is 9.59. The maximum atomic E-state index is 13.4. The molecule has 4 rings (SSSR count). The van der Waals surface area contributed by atoms with E-state index in [-0.39, 0.29) is 11.0 Å². The van der Waals surface area contributed by atoms with Gasteiger partial charge in [-0.25, -0.2) is 4.98 Å². The van der Waals surface area contributed by atoms with Crippen LogP contribution in [0.1, 0.15) is 38.3 Å². The summed E-state index contributed by atoms with van der Waals surface area (Å²) in [6.07, 6.45) is 0.681. The maximum Gasteiger partial charge on any atom is 0.261 e. The SMILES string of the molecule is COc1ccc(-c2nc3ccccc3c(=O)n2CCCOc2ccc(C)cc2C(C)(C)C)cc1. The number of fused-ring (bicyclic) bond motifs is 1. The monoisotopic (exact) mass is 456 g/mol. The lowest BCUT2D eigenvalue weighted by Crippen LogP contribution is -2.24. The molecule has 0 atom stereocenters. The van der Waals surface area contributed by atoms with Gasteiger partial charge in [0.05, 0.1) is 24.6 Å². The highest BCUT2D eigenvalue weighted by molar-refractivity contribution is 5.79. The molecule has 0 N–H and O–H groups in total. The molecule has 3 aromatic carbocycles. The van der Waals surface area contributed by atoms with Gasteiger partial charge in [0.1, 0.15) is 17.3 Å². The van der Waals surface area contributed by atoms with Crippen LogP contribution >= 0.6 is 0 Å². The Kier molecular flexibility index (Phi) is 6.73. The van der Waals surface area contributed by atoms with E-state index in [1.54, 1.807) is 11.7 Å². The van der Waals surface area contributed by atoms with Gasteiger partial charge in [0, 0.05) is 12.1 Å². The van der Waals surface area contributed by atoms with Gasteiger partial charge in [-0.05, 0) is 66.8 Å². The molecule has 0 aliphatic carbocycles. The summed E-state index contributed by atoms with van der Waals surface area (Å²) in [6.45, 7) is 9.68. The molecule has 0 saturated heterocycles. The molecule has 5 nitrogen and oxygen atoms in total. The van der Waals surface area contributed by atoms with E-state index in [4.69, 9.17) is 14.5 Å². The van der Waals surface area contributed by atoms with Gasteiger partial charge in [-0.2, -0.15) is 0 Å². The standard InChI is InChI=1S/C29H32N2O3/c1-20-11-16-26(24(19-20)29(2,3)4)34-18-8-17-31-27(21-12-14-22(33-5)15-13-21)30-25-10-7-6-9-23(25)28(31)32/h6-7,9-16,19H,8,17-18H2,1-5H3. The minimum atomic E-state index is -0.0397. The number of methoxy groups -OCH3 is 1. The summed E-state index contributed by atoms with van der Waals surface area (Å²) in [5, 5.41) is 0.620. The summed E-state index contributed by atoms with van der Waals surface area (Å²) in [5.74, 6) is 2.31. The Hall–Kier alpha value is -3.60. The summed E-state index contributed by atoms with van der Waals surface area (Å²) in [7, 11) is 1.64. The van der Waals surface area contributed by atoms with Crippen LogP contribution in [0.25, 0.3) is 22.3 Å². The van der Waals surface area contributed by atoms with Crippen LogP contribution in [0.15, 0.2) is 71.5 Å². The fraction of sp³-hybridized carbons (Fsp3) is 0.310. The van der Waals surface area contributed by atoms with Crippen LogP contribution in [0.5, 0.6) is 11.5 Å². The molecule has 5 heteroatoms. The fourth-order valence-electron chi connectivity index (χ4n) is 4.10. The van der Waals surface area contributed by atoms with Gasteiger partial charge in [-0.15, -0.1) is 0 Å². The lowest BCUT2D eigenvalue weighted by atomic mass is 9.85. The minimum Gasteiger partial charge on any atom is -0.497 e. The number of hydrogen-bond acceptors (Lipinski definition) is 4. The lowest BCUT2D eigenvalue weighted by Gasteiger charge is -2.23. The largest absolute Gasteiger partial charge is 0.497 e. The number of para-hydroxylation sites is 1. The second kappa shape index (κ2) is 9.72. The Labute approximate surface area is 201 Å². The predicted molar refractivity (Wildman–Crippen MR) is 138 cm³/mol. The summed E-state index contributed by atoms with van der Waals surface area (Å²) in [5.41, 5.74) is 3.92. The van der Waals surface area contributed by atoms with Crippen molar-refractivity contribution in [3.8, 4) is 22.9 Å². The minimum absolute atomic E-state index is 0.0118. The summed E-state index contributed by atoms with van der Waals surface area (Å²) < 4.78 is 13.2. The Morgan fingerprint density at radius 3 is 2.41 bits per heavy atom. The van der Waals surface area contributed by atoms with Gasteiger partial charge in [-0.3, -0.25) is 9.36 Å². The first-order valence-corrected chi connectivity index (χ1v) is 11.7. The van der Waals surface area contributed by atoms with Crippen molar-refractivity contribution in [1.82, 2.24) is 9.55 Å². The normalized spacial score (nSPS) is 11.6. The van der Waals surface area contributed by atoms with Gasteiger partial charge in [0.2, 0.25) is 0 Å². The molecule has 0 spiro atoms. The molecule has 1 heterocycles. The van der Waals surface area contributed by atoms with Crippen molar-refractivity contribution in [3.05, 3.63) is 88.2 Å². The van der Waals surface area contributed by atoms with E-state index in [9.17, 15) is 4.79 Å². The highest BCUT2D eigenvalue weighted by Gasteiger charge is 2.19. The Bertz CT molecular complexity index is 1350. The zero-order valence-corrected chi connectivity index (χ0v) is 20.6. The molecule has 0 saturated carbocycles. The number of aromatic nitrogens is 2. The third kappa shape index (κ3) is 4.98. The average Bonchev–Trinajstić information content (AvgIpc) is 2.83. The highest BCUT2D eigenvalue weighted by Crippen LogP contribution is 2.32. The highest BCUT2D eigenvalue weighted by atomic mass is 16.5. The third-order valence-electron chi connectivity index (χ3n) is 5.94. The van der Waals surface area contributed by atoms with Crippen LogP contribution in [-0.4, -0.2) is 23.3 Å². The first kappa shape index (κ1) is 23.6. The van der Waals surface area contributed by atoms with E-state index < -0.39 is 0 Å². The van der Waals surface area contributed by atoms with Crippen LogP contribution < -0.4 is 15.0 Å². The molecule has 0 radical (unpaired) electrons. The molecule has 0 aliphatic heterocycles. The van der Waals surface area contributed by atoms with Crippen LogP contribution in [0, 0.1) is 6.92 Å². The summed E-state index contributed by atoms with van der Waals surface area (Å²) in [4.78, 5) is 18.2. The van der Waals surface area contributed by atoms with E-state index >= 15 is 0 Å². The van der Waals surface area contributed by atoms with Crippen molar-refractivity contribution in [3.63, 3.8) is 0 Å². The smallest absolute Gasteiger partial charge is 0.261 e. The van der Waals surface area contributed by atoms with E-state index in [0.29, 0.717) is 36.3 Å². The number of nitrogens with zero attached hydrogens (tertiary/aromatic N) is 2. The molecular weight excluding hydrogens is 424 g/mol. The predicted octanol–water partition coefficient (Wildman–Crippen LogP) is 6.15. The van der Waals surface area contributed by atoms with E-state index in [2.05, 4.69) is 39.8 Å². The van der Waals surface area contributed by atoms with Gasteiger partial charge < -0.3 is 9.47 Å². The van der Waals surface area contributed by atoms with Gasteiger partial charge >= 0.3 is 0 Å². The van der Waals surface area contributed by atoms with Crippen molar-refractivity contribution < 1.29 is 9.47 Å². The summed E-state index contributed by atoms with van der Waals surface area (Å²) >= 11 is 0. The fourth-order valence-corrected chi connectivity index (χ4v) is 4.10. The molecule has 0 fully saturated rings. The van der Waals surface area contributed by atoms with E-state index in [0.717, 1.165) is 17.1 Å². The molecule has 0 amide bonds. The van der Waals surface area contributed by atoms with Crippen molar-refractivity contribution in [1.29, 1.82) is 0 Å². The number of hydrogen-bond donors (Lipinski definition) is 0. The molecule has 34 heavy (non-hydrogen) atoms. The number of benzene rings is 3. The molecule has 0 aliphatic rings. The topological polar surface area (TPSA) is 53.3 Å². The van der Waals surface area contributed by atoms with Gasteiger partial charge in [-0.1, -0.05) is 50.6 Å². The molecule has 176 valence electrons. The first-order valence-electron chi connectivity index (χ1n) is 11.7. The van der Waals surface area contributed by atoms with Crippen molar-refractivity contribution in [2.45, 2.75) is 46.1 Å². The number of rotatable bonds is 7. The average molecular weight is 457 g/mol. The Balaban J connectivity index is 1.61. The Morgan fingerprint density at radius 1 is 0.971 bits per heavy atom. The van der Waals surface area contributed by atoms with Crippen molar-refractivity contribution in [2.75, 3.05) is 13.7 Å². The molecule has 4 aromatic rings. The summed E-state index contributed by atoms with van der Waals surface area (Å²) in [6, 6.07) is 21.4. The lowest BCUT2D eigenvalue weighted by molar-refractivity contribution is 0.293. The van der Waals surface area contributed by atoms with Gasteiger partial charge in [0.15, 0.2) is 0 Å². The van der Waals surface area contributed by atoms with Crippen molar-refractivity contribution >= 4 is 10.9 Å². The van der Waals surface area contributed by atoms with Crippen LogP contribution in [0.2, 0.25) is 0 Å². The van der Waals surface area contributed by atoms with Gasteiger partial charge in [0.25, 0.3) is 5.56 Å². The quantitative estimate of drug-likeness (QED) is 0.313. The zero-order chi connectivity index (χ0) is 24.3. The number of ether oxygens (including phenoxy) is 2. The van der Waals surface area contributed by atoms with Crippen LogP contribution in [0.4, 0.5) is 0 Å². The number of aryl methyl sites for hydroxylation is 1. The van der Waals surface area contributed by atoms with E-state index in [1.807, 2.05) is 54.6 Å². The zero-order valence-electron chi connectivity index (χ0n) is 20.6. The Morgan fingerprint density at radius 2 is 1.71 bits per heavy atom. The first-order chi connectivity index (χ1) is 16.3. The maximum absolute atomic E-state index is 13.4. The third-order valence-corrected chi connectivity index (χ3v) is 5.94. The van der Waals surface area contributed by atoms with Crippen LogP contribution in [0.3, 0.4) is 0 Å². The van der Waals surface area contributed by atoms with Crippen molar-refractivity contribution in [2.24, 2.45) is 0 Å². The second-order valence-corrected chi connectivity index (χ2v) is 9.59. The molecular formula is C29H32N2O3. The van der Waals surface area contributed by atoms with Crippen LogP contribution in [-0.2, 0) is 12.0 Å². The molecule has 0 unspecified atom stereocenters. The van der Waals surface area contributed by atoms with E-state index in [1.165, 1.54) is 11.1 Å².